The number of rotatable bonds is 5. The van der Waals surface area contributed by atoms with Gasteiger partial charge in [0.1, 0.15) is 11.4 Å². The van der Waals surface area contributed by atoms with E-state index >= 15 is 0 Å². The van der Waals surface area contributed by atoms with Crippen molar-refractivity contribution in [2.45, 2.75) is 38.1 Å². The van der Waals surface area contributed by atoms with Crippen molar-refractivity contribution in [2.75, 3.05) is 41.9 Å². The summed E-state index contributed by atoms with van der Waals surface area (Å²) in [7, 11) is 1.68. The van der Waals surface area contributed by atoms with E-state index in [1.807, 2.05) is 12.1 Å². The molecule has 4 rings (SSSR count). The maximum atomic E-state index is 5.93. The first kappa shape index (κ1) is 17.7. The molecule has 7 nitrogen and oxygen atoms in total. The smallest absolute Gasteiger partial charge is 0.224 e. The highest BCUT2D eigenvalue weighted by Gasteiger charge is 2.24. The number of nitrogens with one attached hydrogen (secondary N) is 3. The molecule has 1 aliphatic heterocycles. The normalized spacial score (nSPS) is 19.5. The van der Waals surface area contributed by atoms with Crippen molar-refractivity contribution in [3.05, 3.63) is 29.8 Å². The number of ether oxygens (including phenoxy) is 1. The van der Waals surface area contributed by atoms with Gasteiger partial charge in [-0.15, -0.1) is 0 Å². The van der Waals surface area contributed by atoms with E-state index < -0.39 is 0 Å². The van der Waals surface area contributed by atoms with E-state index in [0.29, 0.717) is 5.92 Å². The Morgan fingerprint density at radius 2 is 1.93 bits per heavy atom. The molecule has 27 heavy (non-hydrogen) atoms. The first-order valence-electron chi connectivity index (χ1n) is 9.78. The SMILES string of the molecule is COc1ccc(C2CNc3nc(N)nc(NCC4CCCCC4)c3N2)cc1. The molecule has 0 amide bonds. The van der Waals surface area contributed by atoms with Gasteiger partial charge in [0.2, 0.25) is 5.95 Å². The Balaban J connectivity index is 1.51. The van der Waals surface area contributed by atoms with Crippen LogP contribution in [0, 0.1) is 5.92 Å². The van der Waals surface area contributed by atoms with Gasteiger partial charge in [-0.25, -0.2) is 0 Å². The fraction of sp³-hybridized carbons (Fsp3) is 0.500. The minimum Gasteiger partial charge on any atom is -0.497 e. The van der Waals surface area contributed by atoms with Gasteiger partial charge in [-0.3, -0.25) is 0 Å². The van der Waals surface area contributed by atoms with Crippen LogP contribution in [0.2, 0.25) is 0 Å². The van der Waals surface area contributed by atoms with Crippen LogP contribution in [-0.2, 0) is 0 Å². The summed E-state index contributed by atoms with van der Waals surface area (Å²) in [6.45, 7) is 1.66. The minimum atomic E-state index is 0.130. The van der Waals surface area contributed by atoms with Crippen molar-refractivity contribution in [1.82, 2.24) is 9.97 Å². The van der Waals surface area contributed by atoms with Crippen LogP contribution in [0.3, 0.4) is 0 Å². The third-order valence-corrected chi connectivity index (χ3v) is 5.52. The van der Waals surface area contributed by atoms with Crippen molar-refractivity contribution < 1.29 is 4.74 Å². The molecule has 1 fully saturated rings. The number of nitrogens with two attached hydrogens (primary N) is 1. The van der Waals surface area contributed by atoms with Gasteiger partial charge >= 0.3 is 0 Å². The second-order valence-electron chi connectivity index (χ2n) is 7.39. The van der Waals surface area contributed by atoms with Crippen molar-refractivity contribution in [2.24, 2.45) is 5.92 Å². The van der Waals surface area contributed by atoms with E-state index in [2.05, 4.69) is 38.1 Å². The molecular weight excluding hydrogens is 340 g/mol. The number of fused-ring (bicyclic) bond motifs is 1. The zero-order chi connectivity index (χ0) is 18.6. The molecule has 2 heterocycles. The lowest BCUT2D eigenvalue weighted by molar-refractivity contribution is 0.373. The van der Waals surface area contributed by atoms with Gasteiger partial charge in [-0.1, -0.05) is 31.4 Å². The largest absolute Gasteiger partial charge is 0.497 e. The topological polar surface area (TPSA) is 97.1 Å². The Morgan fingerprint density at radius 1 is 1.15 bits per heavy atom. The van der Waals surface area contributed by atoms with E-state index in [-0.39, 0.29) is 12.0 Å². The van der Waals surface area contributed by atoms with Crippen LogP contribution in [0.15, 0.2) is 24.3 Å². The lowest BCUT2D eigenvalue weighted by atomic mass is 9.89. The second kappa shape index (κ2) is 7.90. The molecule has 144 valence electrons. The Morgan fingerprint density at radius 3 is 2.67 bits per heavy atom. The Kier molecular flexibility index (Phi) is 5.18. The summed E-state index contributed by atoms with van der Waals surface area (Å²) in [6, 6.07) is 8.25. The Bertz CT molecular complexity index is 773. The van der Waals surface area contributed by atoms with Crippen LogP contribution in [0.1, 0.15) is 43.7 Å². The predicted molar refractivity (Wildman–Crippen MR) is 109 cm³/mol. The quantitative estimate of drug-likeness (QED) is 0.640. The molecule has 1 aromatic heterocycles. The predicted octanol–water partition coefficient (Wildman–Crippen LogP) is 3.64. The van der Waals surface area contributed by atoms with E-state index in [1.54, 1.807) is 7.11 Å². The zero-order valence-corrected chi connectivity index (χ0v) is 15.8. The standard InChI is InChI=1S/C20H28N6O/c1-27-15-9-7-14(8-10-15)16-12-23-19-17(24-16)18(25-20(21)26-19)22-11-13-5-3-2-4-6-13/h7-10,13,16,24H,2-6,11-12H2,1H3,(H4,21,22,23,25,26). The number of methoxy groups -OCH3 is 1. The minimum absolute atomic E-state index is 0.130. The molecular formula is C20H28N6O. The lowest BCUT2D eigenvalue weighted by Crippen LogP contribution is -2.28. The number of nitrogens with zero attached hydrogens (tertiary/aromatic N) is 2. The zero-order valence-electron chi connectivity index (χ0n) is 15.8. The first-order valence-corrected chi connectivity index (χ1v) is 9.78. The van der Waals surface area contributed by atoms with Crippen LogP contribution in [-0.4, -0.2) is 30.2 Å². The van der Waals surface area contributed by atoms with Gasteiger partial charge < -0.3 is 26.4 Å². The summed E-state index contributed by atoms with van der Waals surface area (Å²) in [5.74, 6) is 3.40. The molecule has 0 spiro atoms. The van der Waals surface area contributed by atoms with Crippen LogP contribution in [0.25, 0.3) is 0 Å². The third-order valence-electron chi connectivity index (χ3n) is 5.52. The first-order chi connectivity index (χ1) is 13.2. The van der Waals surface area contributed by atoms with Crippen molar-refractivity contribution >= 4 is 23.3 Å². The molecule has 0 radical (unpaired) electrons. The average molecular weight is 368 g/mol. The summed E-state index contributed by atoms with van der Waals surface area (Å²) in [6.07, 6.45) is 6.60. The van der Waals surface area contributed by atoms with Gasteiger partial charge in [0.05, 0.1) is 13.2 Å². The second-order valence-corrected chi connectivity index (χ2v) is 7.39. The molecule has 1 aliphatic carbocycles. The number of nitrogen functional groups attached to an aromatic ring is 1. The van der Waals surface area contributed by atoms with Gasteiger partial charge in [0.25, 0.3) is 0 Å². The summed E-state index contributed by atoms with van der Waals surface area (Å²) in [5.41, 5.74) is 8.00. The number of anilines is 4. The van der Waals surface area contributed by atoms with Crippen molar-refractivity contribution in [3.63, 3.8) is 0 Å². The molecule has 2 aromatic rings. The highest BCUT2D eigenvalue weighted by Crippen LogP contribution is 2.36. The van der Waals surface area contributed by atoms with Gasteiger partial charge in [0, 0.05) is 13.1 Å². The molecule has 0 saturated heterocycles. The van der Waals surface area contributed by atoms with E-state index in [0.717, 1.165) is 36.2 Å². The molecule has 1 atom stereocenters. The van der Waals surface area contributed by atoms with Crippen LogP contribution < -0.4 is 26.4 Å². The van der Waals surface area contributed by atoms with E-state index in [1.165, 1.54) is 37.7 Å². The van der Waals surface area contributed by atoms with Crippen molar-refractivity contribution in [1.29, 1.82) is 0 Å². The highest BCUT2D eigenvalue weighted by molar-refractivity contribution is 5.80. The summed E-state index contributed by atoms with van der Waals surface area (Å²) in [4.78, 5) is 8.82. The molecule has 2 aliphatic rings. The monoisotopic (exact) mass is 368 g/mol. The van der Waals surface area contributed by atoms with E-state index in [4.69, 9.17) is 10.5 Å². The lowest BCUT2D eigenvalue weighted by Gasteiger charge is -2.30. The number of hydrogen-bond acceptors (Lipinski definition) is 7. The number of benzene rings is 1. The molecule has 1 aromatic carbocycles. The molecule has 7 heteroatoms. The fourth-order valence-electron chi connectivity index (χ4n) is 3.96. The Labute approximate surface area is 160 Å². The van der Waals surface area contributed by atoms with Gasteiger partial charge in [0.15, 0.2) is 11.6 Å². The third kappa shape index (κ3) is 4.02. The Hall–Kier alpha value is -2.70. The maximum Gasteiger partial charge on any atom is 0.224 e. The summed E-state index contributed by atoms with van der Waals surface area (Å²) < 4.78 is 5.25. The maximum absolute atomic E-state index is 5.93. The van der Waals surface area contributed by atoms with Crippen LogP contribution >= 0.6 is 0 Å². The van der Waals surface area contributed by atoms with Crippen molar-refractivity contribution in [3.8, 4) is 5.75 Å². The summed E-state index contributed by atoms with van der Waals surface area (Å²) >= 11 is 0. The van der Waals surface area contributed by atoms with E-state index in [9.17, 15) is 0 Å². The molecule has 1 saturated carbocycles. The average Bonchev–Trinajstić information content (AvgIpc) is 2.72. The van der Waals surface area contributed by atoms with Gasteiger partial charge in [-0.05, 0) is 36.5 Å². The molecule has 5 N–H and O–H groups in total. The number of hydrogen-bond donors (Lipinski definition) is 4. The fourth-order valence-corrected chi connectivity index (χ4v) is 3.96. The van der Waals surface area contributed by atoms with Gasteiger partial charge in [-0.2, -0.15) is 9.97 Å². The number of aromatic nitrogens is 2. The van der Waals surface area contributed by atoms with Crippen LogP contribution in [0.4, 0.5) is 23.3 Å². The molecule has 1 unspecified atom stereocenters. The highest BCUT2D eigenvalue weighted by atomic mass is 16.5. The van der Waals surface area contributed by atoms with Crippen LogP contribution in [0.5, 0.6) is 5.75 Å². The molecule has 0 bridgehead atoms. The summed E-state index contributed by atoms with van der Waals surface area (Å²) in [5, 5.41) is 10.5.